The predicted molar refractivity (Wildman–Crippen MR) is 61.8 cm³/mol. The number of halogens is 1. The summed E-state index contributed by atoms with van der Waals surface area (Å²) >= 11 is 0. The molecule has 0 radical (unpaired) electrons. The quantitative estimate of drug-likeness (QED) is 0.859. The van der Waals surface area contributed by atoms with E-state index in [9.17, 15) is 9.18 Å². The summed E-state index contributed by atoms with van der Waals surface area (Å²) in [5.41, 5.74) is -0.306. The summed E-state index contributed by atoms with van der Waals surface area (Å²) in [5.74, 6) is -1.80. The van der Waals surface area contributed by atoms with Crippen molar-refractivity contribution in [2.45, 2.75) is 25.7 Å². The highest BCUT2D eigenvalue weighted by Crippen LogP contribution is 2.22. The molecule has 0 bridgehead atoms. The fraction of sp³-hybridized carbons (Fsp3) is 0.500. The van der Waals surface area contributed by atoms with Crippen molar-refractivity contribution in [2.75, 3.05) is 18.0 Å². The van der Waals surface area contributed by atoms with Gasteiger partial charge in [-0.1, -0.05) is 12.8 Å². The van der Waals surface area contributed by atoms with Gasteiger partial charge in [0.05, 0.1) is 0 Å². The second-order valence-electron chi connectivity index (χ2n) is 4.20. The lowest BCUT2D eigenvalue weighted by molar-refractivity contribution is 0.0691. The van der Waals surface area contributed by atoms with Crippen molar-refractivity contribution in [3.8, 4) is 0 Å². The van der Waals surface area contributed by atoms with Crippen LogP contribution in [0.15, 0.2) is 12.3 Å². The number of aromatic nitrogens is 1. The molecule has 2 rings (SSSR count). The van der Waals surface area contributed by atoms with Gasteiger partial charge in [-0.3, -0.25) is 0 Å². The Bertz CT molecular complexity index is 415. The molecule has 0 aromatic carbocycles. The molecule has 1 aliphatic heterocycles. The Labute approximate surface area is 99.1 Å². The van der Waals surface area contributed by atoms with Gasteiger partial charge in [0.1, 0.15) is 5.56 Å². The summed E-state index contributed by atoms with van der Waals surface area (Å²) in [5, 5.41) is 8.86. The normalized spacial score (nSPS) is 16.6. The average Bonchev–Trinajstić information content (AvgIpc) is 2.57. The number of anilines is 1. The van der Waals surface area contributed by atoms with E-state index in [4.69, 9.17) is 5.11 Å². The molecule has 0 unspecified atom stereocenters. The maximum Gasteiger partial charge on any atom is 0.338 e. The van der Waals surface area contributed by atoms with Gasteiger partial charge < -0.3 is 10.0 Å². The lowest BCUT2D eigenvalue weighted by Gasteiger charge is -2.22. The van der Waals surface area contributed by atoms with E-state index in [1.165, 1.54) is 12.3 Å². The topological polar surface area (TPSA) is 53.4 Å². The lowest BCUT2D eigenvalue weighted by Crippen LogP contribution is -2.26. The molecule has 17 heavy (non-hydrogen) atoms. The van der Waals surface area contributed by atoms with E-state index in [-0.39, 0.29) is 11.4 Å². The molecule has 1 N–H and O–H groups in total. The molecule has 4 nitrogen and oxygen atoms in total. The zero-order valence-corrected chi connectivity index (χ0v) is 9.53. The molecule has 0 atom stereocenters. The van der Waals surface area contributed by atoms with Crippen molar-refractivity contribution >= 4 is 11.8 Å². The lowest BCUT2D eigenvalue weighted by atomic mass is 10.2. The van der Waals surface area contributed by atoms with Crippen LogP contribution in [0, 0.1) is 5.82 Å². The minimum Gasteiger partial charge on any atom is -0.478 e. The van der Waals surface area contributed by atoms with Gasteiger partial charge in [-0.25, -0.2) is 14.2 Å². The van der Waals surface area contributed by atoms with Crippen LogP contribution in [-0.4, -0.2) is 29.1 Å². The molecule has 1 saturated heterocycles. The van der Waals surface area contributed by atoms with Gasteiger partial charge in [0.25, 0.3) is 0 Å². The van der Waals surface area contributed by atoms with Crippen molar-refractivity contribution in [1.29, 1.82) is 0 Å². The number of hydrogen-bond donors (Lipinski definition) is 1. The Morgan fingerprint density at radius 1 is 1.29 bits per heavy atom. The summed E-state index contributed by atoms with van der Waals surface area (Å²) < 4.78 is 14.0. The van der Waals surface area contributed by atoms with Crippen LogP contribution in [0.3, 0.4) is 0 Å². The summed E-state index contributed by atoms with van der Waals surface area (Å²) in [6.07, 6.45) is 5.62. The highest BCUT2D eigenvalue weighted by Gasteiger charge is 2.20. The molecule has 0 amide bonds. The second kappa shape index (κ2) is 5.12. The molecule has 0 spiro atoms. The third kappa shape index (κ3) is 2.54. The van der Waals surface area contributed by atoms with Gasteiger partial charge in [-0.05, 0) is 18.9 Å². The van der Waals surface area contributed by atoms with Gasteiger partial charge in [-0.2, -0.15) is 0 Å². The molecule has 1 aromatic rings. The van der Waals surface area contributed by atoms with Crippen molar-refractivity contribution < 1.29 is 14.3 Å². The number of rotatable bonds is 2. The number of pyridine rings is 1. The monoisotopic (exact) mass is 238 g/mol. The predicted octanol–water partition coefficient (Wildman–Crippen LogP) is 2.30. The Morgan fingerprint density at radius 2 is 1.94 bits per heavy atom. The van der Waals surface area contributed by atoms with Gasteiger partial charge in [0.2, 0.25) is 0 Å². The zero-order chi connectivity index (χ0) is 12.3. The van der Waals surface area contributed by atoms with Gasteiger partial charge >= 0.3 is 5.97 Å². The van der Waals surface area contributed by atoms with Crippen LogP contribution in [-0.2, 0) is 0 Å². The zero-order valence-electron chi connectivity index (χ0n) is 9.53. The van der Waals surface area contributed by atoms with E-state index >= 15 is 0 Å². The largest absolute Gasteiger partial charge is 0.478 e. The fourth-order valence-corrected chi connectivity index (χ4v) is 2.10. The molecular weight excluding hydrogens is 223 g/mol. The average molecular weight is 238 g/mol. The third-order valence-electron chi connectivity index (χ3n) is 3.01. The van der Waals surface area contributed by atoms with E-state index in [1.54, 1.807) is 0 Å². The van der Waals surface area contributed by atoms with Crippen LogP contribution >= 0.6 is 0 Å². The molecule has 1 aromatic heterocycles. The second-order valence-corrected chi connectivity index (χ2v) is 4.20. The molecule has 2 heterocycles. The maximum absolute atomic E-state index is 14.0. The Kier molecular flexibility index (Phi) is 3.56. The number of nitrogens with zero attached hydrogens (tertiary/aromatic N) is 2. The van der Waals surface area contributed by atoms with Crippen molar-refractivity contribution in [2.24, 2.45) is 0 Å². The van der Waals surface area contributed by atoms with Crippen LogP contribution in [0.5, 0.6) is 0 Å². The number of carboxylic acid groups (broad SMARTS) is 1. The first-order chi connectivity index (χ1) is 8.20. The van der Waals surface area contributed by atoms with Crippen LogP contribution in [0.4, 0.5) is 10.2 Å². The summed E-state index contributed by atoms with van der Waals surface area (Å²) in [6, 6.07) is 1.19. The first kappa shape index (κ1) is 11.8. The van der Waals surface area contributed by atoms with Crippen molar-refractivity contribution in [3.05, 3.63) is 23.6 Å². The molecule has 92 valence electrons. The van der Waals surface area contributed by atoms with Gasteiger partial charge in [0.15, 0.2) is 11.6 Å². The number of carbonyl (C=O) groups is 1. The van der Waals surface area contributed by atoms with Gasteiger partial charge in [-0.15, -0.1) is 0 Å². The van der Waals surface area contributed by atoms with Crippen LogP contribution in [0.2, 0.25) is 0 Å². The Morgan fingerprint density at radius 3 is 2.53 bits per heavy atom. The first-order valence-corrected chi connectivity index (χ1v) is 5.83. The molecule has 5 heteroatoms. The molecular formula is C12H15FN2O2. The van der Waals surface area contributed by atoms with Crippen LogP contribution in [0.25, 0.3) is 0 Å². The highest BCUT2D eigenvalue weighted by atomic mass is 19.1. The molecule has 0 aliphatic carbocycles. The fourth-order valence-electron chi connectivity index (χ4n) is 2.10. The first-order valence-electron chi connectivity index (χ1n) is 5.83. The van der Waals surface area contributed by atoms with Gasteiger partial charge in [0, 0.05) is 19.3 Å². The SMILES string of the molecule is O=C(O)c1ccnc(N2CCCCCC2)c1F. The highest BCUT2D eigenvalue weighted by molar-refractivity contribution is 5.88. The van der Waals surface area contributed by atoms with E-state index in [1.807, 2.05) is 4.90 Å². The number of carboxylic acids is 1. The summed E-state index contributed by atoms with van der Waals surface area (Å²) in [7, 11) is 0. The minimum atomic E-state index is -1.25. The smallest absolute Gasteiger partial charge is 0.338 e. The van der Waals surface area contributed by atoms with E-state index in [0.717, 1.165) is 38.8 Å². The Hall–Kier alpha value is -1.65. The third-order valence-corrected chi connectivity index (χ3v) is 3.01. The van der Waals surface area contributed by atoms with Crippen molar-refractivity contribution in [3.63, 3.8) is 0 Å². The van der Waals surface area contributed by atoms with E-state index < -0.39 is 11.8 Å². The maximum atomic E-state index is 14.0. The minimum absolute atomic E-state index is 0.173. The number of hydrogen-bond acceptors (Lipinski definition) is 3. The van der Waals surface area contributed by atoms with Crippen LogP contribution < -0.4 is 4.90 Å². The Balaban J connectivity index is 2.30. The molecule has 1 aliphatic rings. The molecule has 0 saturated carbocycles. The molecule has 1 fully saturated rings. The van der Waals surface area contributed by atoms with Crippen LogP contribution in [0.1, 0.15) is 36.0 Å². The number of aromatic carboxylic acids is 1. The van der Waals surface area contributed by atoms with E-state index in [0.29, 0.717) is 0 Å². The summed E-state index contributed by atoms with van der Waals surface area (Å²) in [6.45, 7) is 1.49. The van der Waals surface area contributed by atoms with Crippen molar-refractivity contribution in [1.82, 2.24) is 4.98 Å². The van der Waals surface area contributed by atoms with E-state index in [2.05, 4.69) is 4.98 Å². The summed E-state index contributed by atoms with van der Waals surface area (Å²) in [4.78, 5) is 16.7. The standard InChI is InChI=1S/C12H15FN2O2/c13-10-9(12(16)17)5-6-14-11(10)15-7-3-1-2-4-8-15/h5-6H,1-4,7-8H2,(H,16,17).